The summed E-state index contributed by atoms with van der Waals surface area (Å²) in [5.74, 6) is -3.06. The van der Waals surface area contributed by atoms with Crippen LogP contribution in [-0.4, -0.2) is 204 Å². The zero-order valence-electron chi connectivity index (χ0n) is 62.2. The number of nitrogens with two attached hydrogens (primary N) is 1. The van der Waals surface area contributed by atoms with E-state index in [1.807, 2.05) is 19.1 Å². The van der Waals surface area contributed by atoms with E-state index in [-0.39, 0.29) is 136 Å². The number of unbranched alkanes of at least 4 members (excludes halogenated alkanes) is 2. The van der Waals surface area contributed by atoms with Gasteiger partial charge in [-0.3, -0.25) is 67.9 Å². The predicted octanol–water partition coefficient (Wildman–Crippen LogP) is 6.51. The fourth-order valence-electron chi connectivity index (χ4n) is 15.0. The first-order valence-corrected chi connectivity index (χ1v) is 37.7. The van der Waals surface area contributed by atoms with Crippen LogP contribution in [0.25, 0.3) is 0 Å². The van der Waals surface area contributed by atoms with Crippen molar-refractivity contribution in [3.05, 3.63) is 113 Å². The van der Waals surface area contributed by atoms with Crippen LogP contribution in [0.1, 0.15) is 173 Å². The maximum atomic E-state index is 14.1. The first-order valence-electron chi connectivity index (χ1n) is 37.7. The van der Waals surface area contributed by atoms with Gasteiger partial charge in [0.25, 0.3) is 17.7 Å². The molecule has 578 valence electrons. The van der Waals surface area contributed by atoms with Crippen molar-refractivity contribution < 1.29 is 76.5 Å². The van der Waals surface area contributed by atoms with Gasteiger partial charge in [-0.2, -0.15) is 0 Å². The van der Waals surface area contributed by atoms with E-state index in [1.54, 1.807) is 87.6 Å². The van der Waals surface area contributed by atoms with Gasteiger partial charge in [-0.05, 0) is 125 Å². The fraction of sp³-hybridized carbons (Fsp3) is 0.526. The van der Waals surface area contributed by atoms with Crippen molar-refractivity contribution in [2.75, 3.05) is 93.6 Å². The predicted molar refractivity (Wildman–Crippen MR) is 398 cm³/mol. The zero-order chi connectivity index (χ0) is 77.1. The highest BCUT2D eigenvalue weighted by molar-refractivity contribution is 6.13. The average Bonchev–Trinajstić information content (AvgIpc) is 1.15. The number of carbonyl (C=O) groups is 13. The standard InChI is InChI=1S/C78H100N14O16/c1-6-59-76(103)87(4)61-44-81-65(84-72(61)92(59)55-15-9-10-16-55)43-52-23-22-51(42-64(52)106-5)62(93)40-49-30-34-88(35-31-49)36-38-107-39-37-89(46-68(97)83-58-18-12-17-56-57(58)45-91(75(56)102)60-26-27-67(96)86-74(60)101)78(105)108-47-50-20-24-54(25-21-50)82-73(100)53(14-13-32-80-77(79)104)41-63(94)71(48(2)3)85-66(95)19-8-7-11-33-90-69(98)28-29-70(90)99/h12,17-18,20-25,28-29,42,44,48-49,53,55,59-60,71H,6-11,13-16,19,26-27,30-41,43,45-47H2,1-5H3,(H,82,100)(H,83,97)(H,85,95)(H3,79,80,104)(H,86,96,101)/t53-,59-,60?,71+/m1/s1. The highest BCUT2D eigenvalue weighted by atomic mass is 16.6. The first kappa shape index (κ1) is 80.1. The maximum absolute atomic E-state index is 14.1. The van der Waals surface area contributed by atoms with Gasteiger partial charge in [-0.1, -0.05) is 70.4 Å². The number of anilines is 4. The van der Waals surface area contributed by atoms with E-state index in [4.69, 9.17) is 29.9 Å². The molecule has 3 aromatic carbocycles. The summed E-state index contributed by atoms with van der Waals surface area (Å²) in [5.41, 5.74) is 9.30. The first-order chi connectivity index (χ1) is 52.0. The summed E-state index contributed by atoms with van der Waals surface area (Å²) in [4.78, 5) is 190. The Morgan fingerprint density at radius 1 is 0.833 bits per heavy atom. The molecule has 4 atom stereocenters. The van der Waals surface area contributed by atoms with Gasteiger partial charge in [-0.25, -0.2) is 19.6 Å². The molecule has 4 aromatic rings. The lowest BCUT2D eigenvalue weighted by Crippen LogP contribution is -2.55. The van der Waals surface area contributed by atoms with E-state index < -0.39 is 66.2 Å². The quantitative estimate of drug-likeness (QED) is 0.0159. The lowest BCUT2D eigenvalue weighted by molar-refractivity contribution is -0.138. The third kappa shape index (κ3) is 20.8. The Hall–Kier alpha value is -10.5. The number of likely N-dealkylation sites (tertiary alicyclic amines) is 1. The number of carbonyl (C=O) groups excluding carboxylic acids is 13. The highest BCUT2D eigenvalue weighted by Crippen LogP contribution is 2.40. The Morgan fingerprint density at radius 2 is 1.58 bits per heavy atom. The Balaban J connectivity index is 0.714. The molecule has 1 aliphatic carbocycles. The lowest BCUT2D eigenvalue weighted by atomic mass is 9.89. The van der Waals surface area contributed by atoms with E-state index in [2.05, 4.69) is 36.4 Å². The third-order valence-corrected chi connectivity index (χ3v) is 21.1. The van der Waals surface area contributed by atoms with Gasteiger partial charge in [0.2, 0.25) is 35.4 Å². The number of imide groups is 2. The van der Waals surface area contributed by atoms with Crippen LogP contribution in [0.3, 0.4) is 0 Å². The van der Waals surface area contributed by atoms with Crippen LogP contribution < -0.4 is 46.9 Å². The number of hydrogen-bond acceptors (Lipinski definition) is 20. The second-order valence-electron chi connectivity index (χ2n) is 28.9. The van der Waals surface area contributed by atoms with E-state index in [9.17, 15) is 62.3 Å². The number of urea groups is 1. The number of benzene rings is 3. The number of aromatic nitrogens is 2. The van der Waals surface area contributed by atoms with Gasteiger partial charge in [-0.15, -0.1) is 0 Å². The van der Waals surface area contributed by atoms with E-state index in [1.165, 1.54) is 22.0 Å². The van der Waals surface area contributed by atoms with Crippen molar-refractivity contribution in [1.29, 1.82) is 0 Å². The molecule has 0 bridgehead atoms. The van der Waals surface area contributed by atoms with Crippen LogP contribution in [0.5, 0.6) is 5.75 Å². The van der Waals surface area contributed by atoms with Crippen LogP contribution in [-0.2, 0) is 72.2 Å². The molecular formula is C78H100N14O16. The van der Waals surface area contributed by atoms with E-state index in [0.717, 1.165) is 67.9 Å². The van der Waals surface area contributed by atoms with Crippen LogP contribution >= 0.6 is 0 Å². The molecule has 1 saturated carbocycles. The molecule has 0 radical (unpaired) electrons. The summed E-state index contributed by atoms with van der Waals surface area (Å²) in [6.07, 6.45) is 12.7. The minimum absolute atomic E-state index is 0.00644. The van der Waals surface area contributed by atoms with Crippen molar-refractivity contribution in [3.63, 3.8) is 0 Å². The minimum atomic E-state index is -0.910. The largest absolute Gasteiger partial charge is 0.496 e. The number of hydrogen-bond donors (Lipinski definition) is 6. The van der Waals surface area contributed by atoms with Gasteiger partial charge in [0.15, 0.2) is 17.4 Å². The van der Waals surface area contributed by atoms with Gasteiger partial charge in [0, 0.05) is 130 Å². The summed E-state index contributed by atoms with van der Waals surface area (Å²) in [7, 11) is 3.37. The van der Waals surface area contributed by atoms with Gasteiger partial charge < -0.3 is 60.8 Å². The Kier molecular flexibility index (Phi) is 28.1. The molecule has 2 saturated heterocycles. The number of nitrogens with zero attached hydrogens (tertiary/aromatic N) is 8. The number of methoxy groups -OCH3 is 1. The Bertz CT molecular complexity index is 4020. The molecule has 7 N–H and O–H groups in total. The summed E-state index contributed by atoms with van der Waals surface area (Å²) in [5, 5.41) is 13.3. The summed E-state index contributed by atoms with van der Waals surface area (Å²) in [6.45, 7) is 7.52. The molecule has 30 heteroatoms. The number of nitrogens with one attached hydrogen (secondary N) is 5. The minimum Gasteiger partial charge on any atom is -0.496 e. The number of primary amides is 1. The highest BCUT2D eigenvalue weighted by Gasteiger charge is 2.43. The number of fused-ring (bicyclic) bond motifs is 2. The number of piperidine rings is 2. The van der Waals surface area contributed by atoms with Crippen LogP contribution in [0.15, 0.2) is 79.0 Å². The SMILES string of the molecule is CC[C@@H]1C(=O)N(C)c2cnc(Cc3ccc(C(=O)CC4CCN(CCOCCN(CC(=O)Nc5cccc6c5CN(C5CCC(=O)NC5=O)C6=O)C(=O)OCc5ccc(NC(=O)[C@H](CCCNC(N)=O)CC(=O)[C@@H](NC(=O)CCCCCN6C(=O)C=CC6=O)C(C)C)cc5)CC4)cc3OC)nc2N1C1CCCC1. The molecule has 6 heterocycles. The van der Waals surface area contributed by atoms with Gasteiger partial charge in [0.1, 0.15) is 42.5 Å². The van der Waals surface area contributed by atoms with E-state index in [0.29, 0.717) is 103 Å². The molecule has 10 rings (SSSR count). The molecule has 0 spiro atoms. The van der Waals surface area contributed by atoms with Gasteiger partial charge >= 0.3 is 12.1 Å². The van der Waals surface area contributed by atoms with Gasteiger partial charge in [0.05, 0.1) is 32.6 Å². The smallest absolute Gasteiger partial charge is 0.410 e. The van der Waals surface area contributed by atoms with Crippen molar-refractivity contribution in [3.8, 4) is 5.75 Å². The Labute approximate surface area is 628 Å². The third-order valence-electron chi connectivity index (χ3n) is 21.1. The lowest BCUT2D eigenvalue weighted by Gasteiger charge is -2.43. The second-order valence-corrected chi connectivity index (χ2v) is 28.9. The summed E-state index contributed by atoms with van der Waals surface area (Å²) < 4.78 is 17.7. The van der Waals surface area contributed by atoms with Crippen LogP contribution in [0.2, 0.25) is 0 Å². The monoisotopic (exact) mass is 1490 g/mol. The number of ether oxygens (including phenoxy) is 3. The topological polar surface area (TPSA) is 381 Å². The van der Waals surface area contributed by atoms with Crippen LogP contribution in [0.4, 0.5) is 32.5 Å². The number of rotatable bonds is 37. The number of likely N-dealkylation sites (N-methyl/N-ethyl adjacent to an activating group) is 1. The van der Waals surface area contributed by atoms with Crippen LogP contribution in [0, 0.1) is 17.8 Å². The molecule has 6 aliphatic rings. The molecule has 12 amide bonds. The van der Waals surface area contributed by atoms with Crippen molar-refractivity contribution >= 4 is 99.7 Å². The van der Waals surface area contributed by atoms with Crippen molar-refractivity contribution in [1.82, 2.24) is 45.5 Å². The number of Topliss-reactive ketones (excluding diaryl/α,β-unsaturated/α-hetero) is 2. The molecular weight excluding hydrogens is 1390 g/mol. The Morgan fingerprint density at radius 3 is 2.29 bits per heavy atom. The molecule has 3 fully saturated rings. The average molecular weight is 1490 g/mol. The fourth-order valence-corrected chi connectivity index (χ4v) is 15.0. The summed E-state index contributed by atoms with van der Waals surface area (Å²) in [6, 6.07) is 14.2. The van der Waals surface area contributed by atoms with Crippen molar-refractivity contribution in [2.24, 2.45) is 23.5 Å². The maximum Gasteiger partial charge on any atom is 0.410 e. The van der Waals surface area contributed by atoms with E-state index >= 15 is 0 Å². The molecule has 1 unspecified atom stereocenters. The normalized spacial score (nSPS) is 18.1. The molecule has 30 nitrogen and oxygen atoms in total. The van der Waals surface area contributed by atoms with Crippen molar-refractivity contribution in [2.45, 2.75) is 174 Å². The second kappa shape index (κ2) is 37.9. The number of ketones is 2. The molecule has 108 heavy (non-hydrogen) atoms. The molecule has 1 aromatic heterocycles. The number of amides is 12. The zero-order valence-corrected chi connectivity index (χ0v) is 62.2. The summed E-state index contributed by atoms with van der Waals surface area (Å²) >= 11 is 0. The molecule has 5 aliphatic heterocycles.